The third kappa shape index (κ3) is 1.55. The van der Waals surface area contributed by atoms with E-state index in [9.17, 15) is 5.11 Å². The molecule has 0 aromatic heterocycles. The number of halogens is 1. The standard InChI is InChI=1S/C10H12INO/c11-7-2-3-8(9(13)6-7)10(12)4-1-5-10/h2-3,6,13H,1,4-5,12H2. The minimum atomic E-state index is -0.256. The van der Waals surface area contributed by atoms with Crippen LogP contribution in [0.4, 0.5) is 0 Å². The topological polar surface area (TPSA) is 46.2 Å². The highest BCUT2D eigenvalue weighted by Gasteiger charge is 2.36. The maximum absolute atomic E-state index is 9.71. The molecule has 0 aliphatic heterocycles. The quantitative estimate of drug-likeness (QED) is 0.779. The molecule has 0 amide bonds. The van der Waals surface area contributed by atoms with E-state index in [-0.39, 0.29) is 5.54 Å². The van der Waals surface area contributed by atoms with Gasteiger partial charge in [-0.15, -0.1) is 0 Å². The van der Waals surface area contributed by atoms with Crippen molar-refractivity contribution in [3.8, 4) is 5.75 Å². The molecular weight excluding hydrogens is 277 g/mol. The summed E-state index contributed by atoms with van der Waals surface area (Å²) in [5.74, 6) is 0.342. The molecule has 2 rings (SSSR count). The molecule has 0 bridgehead atoms. The molecular formula is C10H12INO. The summed E-state index contributed by atoms with van der Waals surface area (Å²) in [6, 6.07) is 5.70. The van der Waals surface area contributed by atoms with E-state index in [1.165, 1.54) is 6.42 Å². The van der Waals surface area contributed by atoms with E-state index < -0.39 is 0 Å². The maximum Gasteiger partial charge on any atom is 0.121 e. The van der Waals surface area contributed by atoms with Gasteiger partial charge in [0.05, 0.1) is 0 Å². The second kappa shape index (κ2) is 3.13. The number of nitrogens with two attached hydrogens (primary N) is 1. The molecule has 1 saturated carbocycles. The lowest BCUT2D eigenvalue weighted by Gasteiger charge is -2.38. The van der Waals surface area contributed by atoms with Crippen molar-refractivity contribution in [2.45, 2.75) is 24.8 Å². The molecule has 0 saturated heterocycles. The predicted octanol–water partition coefficient (Wildman–Crippen LogP) is 2.33. The number of phenols is 1. The molecule has 70 valence electrons. The van der Waals surface area contributed by atoms with Crippen molar-refractivity contribution in [3.63, 3.8) is 0 Å². The molecule has 1 fully saturated rings. The fraction of sp³-hybridized carbons (Fsp3) is 0.400. The minimum absolute atomic E-state index is 0.256. The van der Waals surface area contributed by atoms with Crippen molar-refractivity contribution in [2.24, 2.45) is 5.73 Å². The molecule has 0 atom stereocenters. The molecule has 0 spiro atoms. The van der Waals surface area contributed by atoms with E-state index in [1.807, 2.05) is 12.1 Å². The first-order chi connectivity index (χ1) is 6.12. The second-order valence-electron chi connectivity index (χ2n) is 3.67. The monoisotopic (exact) mass is 289 g/mol. The average Bonchev–Trinajstić information content (AvgIpc) is 2.00. The molecule has 1 aliphatic rings. The third-order valence-corrected chi connectivity index (χ3v) is 3.41. The highest BCUT2D eigenvalue weighted by molar-refractivity contribution is 14.1. The summed E-state index contributed by atoms with van der Waals surface area (Å²) in [5.41, 5.74) is 6.76. The van der Waals surface area contributed by atoms with Crippen molar-refractivity contribution < 1.29 is 5.11 Å². The van der Waals surface area contributed by atoms with Crippen molar-refractivity contribution in [1.29, 1.82) is 0 Å². The lowest BCUT2D eigenvalue weighted by molar-refractivity contribution is 0.245. The smallest absolute Gasteiger partial charge is 0.121 e. The first kappa shape index (κ1) is 9.27. The molecule has 1 aromatic rings. The van der Waals surface area contributed by atoms with Gasteiger partial charge in [0.2, 0.25) is 0 Å². The first-order valence-corrected chi connectivity index (χ1v) is 5.48. The second-order valence-corrected chi connectivity index (χ2v) is 4.92. The molecule has 3 N–H and O–H groups in total. The Hall–Kier alpha value is -0.290. The number of aromatic hydroxyl groups is 1. The van der Waals surface area contributed by atoms with Crippen LogP contribution in [0.1, 0.15) is 24.8 Å². The van der Waals surface area contributed by atoms with Crippen LogP contribution >= 0.6 is 22.6 Å². The molecule has 2 nitrogen and oxygen atoms in total. The fourth-order valence-electron chi connectivity index (χ4n) is 1.75. The zero-order valence-electron chi connectivity index (χ0n) is 7.26. The van der Waals surface area contributed by atoms with Crippen molar-refractivity contribution in [2.75, 3.05) is 0 Å². The van der Waals surface area contributed by atoms with E-state index in [2.05, 4.69) is 22.6 Å². The van der Waals surface area contributed by atoms with Crippen LogP contribution in [-0.2, 0) is 5.54 Å². The lowest BCUT2D eigenvalue weighted by atomic mass is 9.72. The largest absolute Gasteiger partial charge is 0.508 e. The molecule has 3 heteroatoms. The van der Waals surface area contributed by atoms with Crippen LogP contribution in [0, 0.1) is 3.57 Å². The number of phenolic OH excluding ortho intramolecular Hbond substituents is 1. The maximum atomic E-state index is 9.71. The van der Waals surface area contributed by atoms with Gasteiger partial charge in [-0.25, -0.2) is 0 Å². The van der Waals surface area contributed by atoms with Crippen molar-refractivity contribution >= 4 is 22.6 Å². The van der Waals surface area contributed by atoms with Crippen molar-refractivity contribution in [3.05, 3.63) is 27.3 Å². The summed E-state index contributed by atoms with van der Waals surface area (Å²) in [6.45, 7) is 0. The van der Waals surface area contributed by atoms with Crippen LogP contribution in [0.5, 0.6) is 5.75 Å². The lowest BCUT2D eigenvalue weighted by Crippen LogP contribution is -2.43. The van der Waals surface area contributed by atoms with E-state index in [4.69, 9.17) is 5.73 Å². The van der Waals surface area contributed by atoms with Gasteiger partial charge < -0.3 is 10.8 Å². The van der Waals surface area contributed by atoms with Gasteiger partial charge in [0.25, 0.3) is 0 Å². The molecule has 1 aliphatic carbocycles. The highest BCUT2D eigenvalue weighted by Crippen LogP contribution is 2.42. The first-order valence-electron chi connectivity index (χ1n) is 4.40. The molecule has 1 aromatic carbocycles. The van der Waals surface area contributed by atoms with Crippen LogP contribution < -0.4 is 5.73 Å². The Kier molecular flexibility index (Phi) is 2.23. The summed E-state index contributed by atoms with van der Waals surface area (Å²) in [6.07, 6.45) is 3.14. The Morgan fingerprint density at radius 1 is 1.38 bits per heavy atom. The van der Waals surface area contributed by atoms with Gasteiger partial charge in [-0.3, -0.25) is 0 Å². The summed E-state index contributed by atoms with van der Waals surface area (Å²) >= 11 is 2.18. The normalized spacial score (nSPS) is 19.5. The minimum Gasteiger partial charge on any atom is -0.508 e. The summed E-state index contributed by atoms with van der Waals surface area (Å²) in [4.78, 5) is 0. The average molecular weight is 289 g/mol. The third-order valence-electron chi connectivity index (χ3n) is 2.74. The van der Waals surface area contributed by atoms with Crippen LogP contribution in [0.2, 0.25) is 0 Å². The van der Waals surface area contributed by atoms with Gasteiger partial charge in [0, 0.05) is 14.7 Å². The number of hydrogen-bond donors (Lipinski definition) is 2. The fourth-order valence-corrected chi connectivity index (χ4v) is 2.23. The van der Waals surface area contributed by atoms with Crippen LogP contribution in [0.15, 0.2) is 18.2 Å². The summed E-state index contributed by atoms with van der Waals surface area (Å²) in [5, 5.41) is 9.71. The number of rotatable bonds is 1. The van der Waals surface area contributed by atoms with Gasteiger partial charge >= 0.3 is 0 Å². The zero-order chi connectivity index (χ0) is 9.47. The molecule has 0 radical (unpaired) electrons. The van der Waals surface area contributed by atoms with Crippen LogP contribution in [-0.4, -0.2) is 5.11 Å². The summed E-state index contributed by atoms with van der Waals surface area (Å²) < 4.78 is 1.04. The SMILES string of the molecule is NC1(c2ccc(I)cc2O)CCC1. The van der Waals surface area contributed by atoms with Crippen LogP contribution in [0.3, 0.4) is 0 Å². The Labute approximate surface area is 91.3 Å². The van der Waals surface area contributed by atoms with Crippen molar-refractivity contribution in [1.82, 2.24) is 0 Å². The van der Waals surface area contributed by atoms with Crippen LogP contribution in [0.25, 0.3) is 0 Å². The Bertz CT molecular complexity index is 334. The van der Waals surface area contributed by atoms with Gasteiger partial charge in [-0.05, 0) is 54.0 Å². The van der Waals surface area contributed by atoms with E-state index in [1.54, 1.807) is 6.07 Å². The molecule has 0 heterocycles. The van der Waals surface area contributed by atoms with Gasteiger partial charge in [-0.1, -0.05) is 6.07 Å². The van der Waals surface area contributed by atoms with Gasteiger partial charge in [0.15, 0.2) is 0 Å². The number of benzene rings is 1. The highest BCUT2D eigenvalue weighted by atomic mass is 127. The molecule has 0 unspecified atom stereocenters. The molecule has 13 heavy (non-hydrogen) atoms. The van der Waals surface area contributed by atoms with Gasteiger partial charge in [0.1, 0.15) is 5.75 Å². The Morgan fingerprint density at radius 2 is 2.08 bits per heavy atom. The van der Waals surface area contributed by atoms with E-state index in [0.717, 1.165) is 22.0 Å². The Balaban J connectivity index is 2.40. The number of hydrogen-bond acceptors (Lipinski definition) is 2. The summed E-state index contributed by atoms with van der Waals surface area (Å²) in [7, 11) is 0. The Morgan fingerprint density at radius 3 is 2.54 bits per heavy atom. The zero-order valence-corrected chi connectivity index (χ0v) is 9.41. The predicted molar refractivity (Wildman–Crippen MR) is 60.5 cm³/mol. The van der Waals surface area contributed by atoms with E-state index >= 15 is 0 Å². The van der Waals surface area contributed by atoms with E-state index in [0.29, 0.717) is 5.75 Å². The van der Waals surface area contributed by atoms with Gasteiger partial charge in [-0.2, -0.15) is 0 Å².